The van der Waals surface area contributed by atoms with Gasteiger partial charge in [0, 0.05) is 18.8 Å². The molecule has 0 amide bonds. The molecule has 0 aliphatic carbocycles. The zero-order valence-corrected chi connectivity index (χ0v) is 12.8. The van der Waals surface area contributed by atoms with Crippen molar-refractivity contribution in [2.24, 2.45) is 0 Å². The van der Waals surface area contributed by atoms with Gasteiger partial charge < -0.3 is 9.67 Å². The Morgan fingerprint density at radius 3 is 2.71 bits per heavy atom. The van der Waals surface area contributed by atoms with Crippen molar-refractivity contribution in [3.05, 3.63) is 35.0 Å². The fourth-order valence-electron chi connectivity index (χ4n) is 1.77. The van der Waals surface area contributed by atoms with Crippen LogP contribution in [0.1, 0.15) is 12.7 Å². The van der Waals surface area contributed by atoms with Crippen LogP contribution < -0.4 is 4.72 Å². The second-order valence-corrected chi connectivity index (χ2v) is 6.34. The average Bonchev–Trinajstić information content (AvgIpc) is 2.77. The minimum absolute atomic E-state index is 0.221. The first kappa shape index (κ1) is 15.6. The van der Waals surface area contributed by atoms with E-state index in [1.807, 2.05) is 6.92 Å². The topological polar surface area (TPSA) is 84.2 Å². The van der Waals surface area contributed by atoms with Gasteiger partial charge in [-0.25, -0.2) is 9.37 Å². The van der Waals surface area contributed by atoms with Crippen LogP contribution >= 0.6 is 11.6 Å². The molecule has 21 heavy (non-hydrogen) atoms. The Hall–Kier alpha value is -1.80. The number of phenolic OH excluding ortho intramolecular Hbond substituents is 1. The maximum absolute atomic E-state index is 13.3. The Labute approximate surface area is 126 Å². The van der Waals surface area contributed by atoms with Crippen LogP contribution in [-0.2, 0) is 16.6 Å². The fourth-order valence-corrected chi connectivity index (χ4v) is 3.04. The number of nitrogens with zero attached hydrogens (tertiary/aromatic N) is 2. The second kappa shape index (κ2) is 5.53. The highest BCUT2D eigenvalue weighted by molar-refractivity contribution is 7.92. The number of anilines is 1. The molecule has 1 heterocycles. The molecule has 0 bridgehead atoms. The van der Waals surface area contributed by atoms with Crippen molar-refractivity contribution in [2.45, 2.75) is 25.4 Å². The number of halogens is 2. The van der Waals surface area contributed by atoms with Gasteiger partial charge in [-0.3, -0.25) is 4.72 Å². The number of rotatable bonds is 4. The van der Waals surface area contributed by atoms with E-state index in [0.717, 1.165) is 12.1 Å². The molecule has 9 heteroatoms. The molecular weight excluding hydrogens is 321 g/mol. The van der Waals surface area contributed by atoms with Crippen molar-refractivity contribution < 1.29 is 17.9 Å². The van der Waals surface area contributed by atoms with E-state index >= 15 is 0 Å². The van der Waals surface area contributed by atoms with Crippen LogP contribution in [0, 0.1) is 12.7 Å². The molecule has 2 rings (SSSR count). The largest absolute Gasteiger partial charge is 0.504 e. The number of imidazole rings is 1. The van der Waals surface area contributed by atoms with Crippen molar-refractivity contribution in [3.63, 3.8) is 0 Å². The molecule has 1 aromatic carbocycles. The number of aromatic nitrogens is 2. The first-order valence-electron chi connectivity index (χ1n) is 5.99. The van der Waals surface area contributed by atoms with E-state index in [9.17, 15) is 17.9 Å². The van der Waals surface area contributed by atoms with E-state index in [0.29, 0.717) is 12.4 Å². The van der Waals surface area contributed by atoms with Gasteiger partial charge in [-0.1, -0.05) is 11.6 Å². The molecular formula is C12H13ClFN3O3S. The summed E-state index contributed by atoms with van der Waals surface area (Å²) < 4.78 is 41.4. The molecule has 0 unspecified atom stereocenters. The maximum atomic E-state index is 13.3. The molecule has 0 saturated heterocycles. The highest BCUT2D eigenvalue weighted by atomic mass is 35.5. The van der Waals surface area contributed by atoms with E-state index in [2.05, 4.69) is 9.71 Å². The minimum atomic E-state index is -4.05. The van der Waals surface area contributed by atoms with Gasteiger partial charge in [0.05, 0.1) is 10.7 Å². The summed E-state index contributed by atoms with van der Waals surface area (Å²) in [6, 6.07) is 1.72. The van der Waals surface area contributed by atoms with E-state index < -0.39 is 21.6 Å². The van der Waals surface area contributed by atoms with Gasteiger partial charge in [0.2, 0.25) is 0 Å². The van der Waals surface area contributed by atoms with Crippen LogP contribution in [0.3, 0.4) is 0 Å². The molecule has 114 valence electrons. The Bertz CT molecular complexity index is 789. The number of hydrogen-bond acceptors (Lipinski definition) is 4. The normalized spacial score (nSPS) is 11.6. The Balaban J connectivity index is 2.42. The molecule has 0 saturated carbocycles. The lowest BCUT2D eigenvalue weighted by molar-refractivity contribution is 0.476. The highest BCUT2D eigenvalue weighted by Gasteiger charge is 2.21. The van der Waals surface area contributed by atoms with Gasteiger partial charge in [-0.15, -0.1) is 0 Å². The number of nitrogens with one attached hydrogen (secondary N) is 1. The van der Waals surface area contributed by atoms with Crippen molar-refractivity contribution in [1.82, 2.24) is 9.55 Å². The van der Waals surface area contributed by atoms with Crippen LogP contribution in [0.15, 0.2) is 23.4 Å². The Morgan fingerprint density at radius 2 is 2.14 bits per heavy atom. The van der Waals surface area contributed by atoms with Gasteiger partial charge in [0.1, 0.15) is 11.6 Å². The molecule has 0 aliphatic rings. The number of hydrogen-bond donors (Lipinski definition) is 2. The molecule has 0 atom stereocenters. The Kier molecular flexibility index (Phi) is 4.11. The van der Waals surface area contributed by atoms with Crippen LogP contribution in [-0.4, -0.2) is 23.1 Å². The fraction of sp³-hybridized carbons (Fsp3) is 0.250. The molecule has 0 radical (unpaired) electrons. The van der Waals surface area contributed by atoms with Gasteiger partial charge in [0.15, 0.2) is 10.8 Å². The third kappa shape index (κ3) is 3.11. The lowest BCUT2D eigenvalue weighted by atomic mass is 10.3. The molecule has 2 N–H and O–H groups in total. The minimum Gasteiger partial charge on any atom is -0.504 e. The lowest BCUT2D eigenvalue weighted by Crippen LogP contribution is -2.14. The molecule has 0 fully saturated rings. The number of benzene rings is 1. The standard InChI is InChI=1S/C12H13ClFN3O3S/c1-3-17-6-11(15-7(17)2)21(19,20)16-10-5-8(14)4-9(13)12(10)18/h4-6,16,18H,3H2,1-2H3. The van der Waals surface area contributed by atoms with Crippen molar-refractivity contribution in [1.29, 1.82) is 0 Å². The van der Waals surface area contributed by atoms with Crippen LogP contribution in [0.2, 0.25) is 5.02 Å². The zero-order valence-electron chi connectivity index (χ0n) is 11.3. The molecule has 0 aliphatic heterocycles. The summed E-state index contributed by atoms with van der Waals surface area (Å²) in [5, 5.41) is 9.18. The second-order valence-electron chi connectivity index (χ2n) is 4.30. The monoisotopic (exact) mass is 333 g/mol. The summed E-state index contributed by atoms with van der Waals surface area (Å²) in [6.45, 7) is 4.07. The molecule has 0 spiro atoms. The third-order valence-electron chi connectivity index (χ3n) is 2.84. The highest BCUT2D eigenvalue weighted by Crippen LogP contribution is 2.34. The van der Waals surface area contributed by atoms with Gasteiger partial charge >= 0.3 is 0 Å². The van der Waals surface area contributed by atoms with E-state index in [4.69, 9.17) is 11.6 Å². The Morgan fingerprint density at radius 1 is 1.48 bits per heavy atom. The first-order valence-corrected chi connectivity index (χ1v) is 7.85. The number of sulfonamides is 1. The van der Waals surface area contributed by atoms with Crippen molar-refractivity contribution >= 4 is 27.3 Å². The molecule has 6 nitrogen and oxygen atoms in total. The van der Waals surface area contributed by atoms with Gasteiger partial charge in [0.25, 0.3) is 10.0 Å². The summed E-state index contributed by atoms with van der Waals surface area (Å²) in [7, 11) is -4.05. The lowest BCUT2D eigenvalue weighted by Gasteiger charge is -2.09. The summed E-state index contributed by atoms with van der Waals surface area (Å²) in [4.78, 5) is 3.93. The van der Waals surface area contributed by atoms with Crippen molar-refractivity contribution in [2.75, 3.05) is 4.72 Å². The summed E-state index contributed by atoms with van der Waals surface area (Å²) >= 11 is 5.60. The average molecular weight is 334 g/mol. The quantitative estimate of drug-likeness (QED) is 0.842. The number of phenols is 1. The van der Waals surface area contributed by atoms with Gasteiger partial charge in [-0.05, 0) is 19.9 Å². The van der Waals surface area contributed by atoms with E-state index in [1.54, 1.807) is 11.5 Å². The van der Waals surface area contributed by atoms with Crippen molar-refractivity contribution in [3.8, 4) is 5.75 Å². The molecule has 1 aromatic heterocycles. The van der Waals surface area contributed by atoms with Crippen LogP contribution in [0.5, 0.6) is 5.75 Å². The van der Waals surface area contributed by atoms with Crippen LogP contribution in [0.4, 0.5) is 10.1 Å². The summed E-state index contributed by atoms with van der Waals surface area (Å²) in [5.74, 6) is -0.793. The van der Waals surface area contributed by atoms with E-state index in [-0.39, 0.29) is 15.7 Å². The zero-order chi connectivity index (χ0) is 15.8. The SMILES string of the molecule is CCn1cc(S(=O)(=O)Nc2cc(F)cc(Cl)c2O)nc1C. The third-order valence-corrected chi connectivity index (χ3v) is 4.37. The summed E-state index contributed by atoms with van der Waals surface area (Å²) in [6.07, 6.45) is 1.36. The van der Waals surface area contributed by atoms with E-state index in [1.165, 1.54) is 6.20 Å². The smallest absolute Gasteiger partial charge is 0.281 e. The van der Waals surface area contributed by atoms with Crippen LogP contribution in [0.25, 0.3) is 0 Å². The molecule has 2 aromatic rings. The van der Waals surface area contributed by atoms with Gasteiger partial charge in [-0.2, -0.15) is 8.42 Å². The first-order chi connectivity index (χ1) is 9.74. The number of aromatic hydroxyl groups is 1. The summed E-state index contributed by atoms with van der Waals surface area (Å²) in [5.41, 5.74) is -0.344. The predicted octanol–water partition coefficient (Wildman–Crippen LogP) is 2.51. The number of aryl methyl sites for hydroxylation is 2. The maximum Gasteiger partial charge on any atom is 0.281 e. The predicted molar refractivity (Wildman–Crippen MR) is 76.5 cm³/mol.